The molecule has 0 bridgehead atoms. The quantitative estimate of drug-likeness (QED) is 0.0571. The van der Waals surface area contributed by atoms with Crippen LogP contribution in [0.1, 0.15) is 32.5 Å². The number of benzene rings is 3. The van der Waals surface area contributed by atoms with Crippen LogP contribution in [0.3, 0.4) is 0 Å². The Morgan fingerprint density at radius 2 is 1.56 bits per heavy atom. The van der Waals surface area contributed by atoms with E-state index in [2.05, 4.69) is 94.3 Å². The van der Waals surface area contributed by atoms with Crippen molar-refractivity contribution in [2.75, 3.05) is 38.1 Å². The lowest BCUT2D eigenvalue weighted by molar-refractivity contribution is -0.121. The molecule has 1 amide bonds. The normalized spacial score (nSPS) is 14.3. The summed E-state index contributed by atoms with van der Waals surface area (Å²) in [5.74, 6) is 0.417. The number of hydrogen-bond acceptors (Lipinski definition) is 11. The summed E-state index contributed by atoms with van der Waals surface area (Å²) >= 11 is 2.29. The number of carbonyl (C=O) groups excluding carboxylic acids is 1. The maximum Gasteiger partial charge on any atom is 0.220 e. The number of hydrogen-bond donors (Lipinski definition) is 1. The van der Waals surface area contributed by atoms with E-state index in [4.69, 9.17) is 9.98 Å². The van der Waals surface area contributed by atoms with Gasteiger partial charge in [0.15, 0.2) is 12.2 Å². The summed E-state index contributed by atoms with van der Waals surface area (Å²) in [6.45, 7) is 7.51. The highest BCUT2D eigenvalue weighted by Crippen LogP contribution is 2.29. The Balaban J connectivity index is 1.16. The van der Waals surface area contributed by atoms with Gasteiger partial charge >= 0.3 is 0 Å². The summed E-state index contributed by atoms with van der Waals surface area (Å²) in [7, 11) is 2.03. The van der Waals surface area contributed by atoms with E-state index in [-0.39, 0.29) is 5.91 Å². The number of anilines is 1. The standard InChI is InChI=1S/C37H40IN11O/c1-4-49(5-2)31-17-19-34(35(25-31)42-27-10-7-6-8-11-27)43-33-18-14-29(24-32(33)38)45-44-28-12-15-30(16-13-28)48(3)23-9-22-39-37(50)21-20-36-46-40-26-41-47-36/h6-8,10-19,24-26H,4-5,9,20-23H2,1-3H3,(H,39,50)/b42-35+,43-34-,45-44+. The van der Waals surface area contributed by atoms with E-state index >= 15 is 0 Å². The Morgan fingerprint density at radius 1 is 0.840 bits per heavy atom. The number of amides is 1. The number of para-hydroxylation sites is 1. The summed E-state index contributed by atoms with van der Waals surface area (Å²) in [5, 5.41) is 26.9. The third-order valence-electron chi connectivity index (χ3n) is 7.85. The number of nitrogens with one attached hydrogen (secondary N) is 1. The molecular weight excluding hydrogens is 741 g/mol. The number of azo groups is 1. The number of aromatic nitrogens is 4. The van der Waals surface area contributed by atoms with Gasteiger partial charge in [0, 0.05) is 61.0 Å². The van der Waals surface area contributed by atoms with Gasteiger partial charge < -0.3 is 15.1 Å². The molecule has 0 radical (unpaired) electrons. The predicted molar refractivity (Wildman–Crippen MR) is 207 cm³/mol. The minimum atomic E-state index is -0.0434. The molecule has 3 aromatic carbocycles. The fourth-order valence-corrected chi connectivity index (χ4v) is 5.73. The van der Waals surface area contributed by atoms with Crippen LogP contribution < -0.4 is 10.2 Å². The first-order chi connectivity index (χ1) is 24.4. The van der Waals surface area contributed by atoms with E-state index in [9.17, 15) is 4.79 Å². The topological polar surface area (TPSA) is 137 Å². The van der Waals surface area contributed by atoms with Crippen molar-refractivity contribution in [2.45, 2.75) is 33.1 Å². The summed E-state index contributed by atoms with van der Waals surface area (Å²) in [6.07, 6.45) is 9.05. The van der Waals surface area contributed by atoms with Crippen LogP contribution in [0.25, 0.3) is 0 Å². The summed E-state index contributed by atoms with van der Waals surface area (Å²) < 4.78 is 0.963. The first-order valence-electron chi connectivity index (χ1n) is 16.6. The molecule has 0 atom stereocenters. The van der Waals surface area contributed by atoms with Gasteiger partial charge in [-0.25, -0.2) is 9.98 Å². The summed E-state index contributed by atoms with van der Waals surface area (Å²) in [6, 6.07) is 23.8. The molecule has 4 aromatic rings. The van der Waals surface area contributed by atoms with Crippen LogP contribution in [-0.2, 0) is 11.2 Å². The van der Waals surface area contributed by atoms with Crippen molar-refractivity contribution in [3.05, 3.63) is 112 Å². The monoisotopic (exact) mass is 781 g/mol. The van der Waals surface area contributed by atoms with Gasteiger partial charge in [0.25, 0.3) is 0 Å². The van der Waals surface area contributed by atoms with Crippen LogP contribution >= 0.6 is 22.6 Å². The first kappa shape index (κ1) is 36.1. The largest absolute Gasteiger partial charge is 0.375 e. The van der Waals surface area contributed by atoms with Crippen molar-refractivity contribution >= 4 is 68.4 Å². The van der Waals surface area contributed by atoms with Crippen LogP contribution in [0, 0.1) is 3.57 Å². The van der Waals surface area contributed by atoms with Gasteiger partial charge in [0.2, 0.25) is 5.91 Å². The highest BCUT2D eigenvalue weighted by molar-refractivity contribution is 14.1. The predicted octanol–water partition coefficient (Wildman–Crippen LogP) is 7.50. The molecule has 1 aliphatic rings. The Kier molecular flexibility index (Phi) is 13.4. The molecule has 1 aromatic heterocycles. The number of rotatable bonds is 15. The number of likely N-dealkylation sites (N-methyl/N-ethyl adjacent to an activating group) is 1. The summed E-state index contributed by atoms with van der Waals surface area (Å²) in [4.78, 5) is 26.5. The average Bonchev–Trinajstić information content (AvgIpc) is 3.15. The van der Waals surface area contributed by atoms with Gasteiger partial charge in [-0.2, -0.15) is 10.2 Å². The maximum atomic E-state index is 12.1. The van der Waals surface area contributed by atoms with Crippen LogP contribution in [0.15, 0.2) is 123 Å². The number of nitrogens with zero attached hydrogens (tertiary/aromatic N) is 10. The Morgan fingerprint density at radius 3 is 2.28 bits per heavy atom. The lowest BCUT2D eigenvalue weighted by Crippen LogP contribution is -2.28. The van der Waals surface area contributed by atoms with Gasteiger partial charge in [0.1, 0.15) is 0 Å². The number of allylic oxidation sites excluding steroid dienone is 3. The lowest BCUT2D eigenvalue weighted by Gasteiger charge is -2.24. The van der Waals surface area contributed by atoms with E-state index in [1.54, 1.807) is 0 Å². The number of aliphatic imine (C=N–C) groups is 2. The van der Waals surface area contributed by atoms with Crippen LogP contribution in [-0.4, -0.2) is 75.9 Å². The van der Waals surface area contributed by atoms with Crippen LogP contribution in [0.4, 0.5) is 28.4 Å². The summed E-state index contributed by atoms with van der Waals surface area (Å²) in [5.41, 5.74) is 7.03. The molecular formula is C37H40IN11O. The molecule has 0 aliphatic heterocycles. The van der Waals surface area contributed by atoms with Crippen molar-refractivity contribution in [1.29, 1.82) is 0 Å². The molecule has 1 aliphatic carbocycles. The molecule has 0 fully saturated rings. The molecule has 0 saturated heterocycles. The van der Waals surface area contributed by atoms with E-state index in [1.807, 2.05) is 85.9 Å². The fourth-order valence-electron chi connectivity index (χ4n) is 5.11. The minimum Gasteiger partial charge on any atom is -0.375 e. The molecule has 5 rings (SSSR count). The lowest BCUT2D eigenvalue weighted by atomic mass is 10.1. The fraction of sp³-hybridized carbons (Fsp3) is 0.270. The second-order valence-corrected chi connectivity index (χ2v) is 12.5. The number of halogens is 1. The van der Waals surface area contributed by atoms with Gasteiger partial charge in [-0.05, 0) is 116 Å². The molecule has 0 saturated carbocycles. The highest BCUT2D eigenvalue weighted by atomic mass is 127. The van der Waals surface area contributed by atoms with E-state index in [1.165, 1.54) is 6.33 Å². The Hall–Kier alpha value is -5.18. The molecule has 256 valence electrons. The zero-order chi connectivity index (χ0) is 35.1. The Bertz CT molecular complexity index is 1870. The van der Waals surface area contributed by atoms with Gasteiger partial charge in [-0.3, -0.25) is 4.79 Å². The molecule has 1 N–H and O–H groups in total. The van der Waals surface area contributed by atoms with E-state index in [0.29, 0.717) is 25.2 Å². The zero-order valence-electron chi connectivity index (χ0n) is 28.4. The van der Waals surface area contributed by atoms with Crippen molar-refractivity contribution < 1.29 is 4.79 Å². The number of carbonyl (C=O) groups is 1. The smallest absolute Gasteiger partial charge is 0.220 e. The van der Waals surface area contributed by atoms with E-state index < -0.39 is 0 Å². The molecule has 1 heterocycles. The first-order valence-corrected chi connectivity index (χ1v) is 17.7. The molecule has 0 unspecified atom stereocenters. The van der Waals surface area contributed by atoms with Crippen molar-refractivity contribution in [3.8, 4) is 0 Å². The van der Waals surface area contributed by atoms with Crippen molar-refractivity contribution in [3.63, 3.8) is 0 Å². The zero-order valence-corrected chi connectivity index (χ0v) is 30.6. The number of aryl methyl sites for hydroxylation is 1. The van der Waals surface area contributed by atoms with Crippen LogP contribution in [0.5, 0.6) is 0 Å². The minimum absolute atomic E-state index is 0.0434. The Labute approximate surface area is 306 Å². The van der Waals surface area contributed by atoms with Crippen molar-refractivity contribution in [2.24, 2.45) is 20.2 Å². The van der Waals surface area contributed by atoms with Gasteiger partial charge in [0.05, 0.1) is 34.2 Å². The van der Waals surface area contributed by atoms with E-state index in [0.717, 1.165) is 75.2 Å². The molecule has 0 spiro atoms. The van der Waals surface area contributed by atoms with Crippen molar-refractivity contribution in [1.82, 2.24) is 30.6 Å². The SMILES string of the molecule is CCN(CC)C1=CC(=N\c2ccccc2)/C(=N\c2ccc(/N=N/c3ccc(N(C)CCCNC(=O)CCc4nncnn4)cc3)cc2I)C=C1. The third-order valence-corrected chi connectivity index (χ3v) is 8.72. The average molecular weight is 782 g/mol. The van der Waals surface area contributed by atoms with Gasteiger partial charge in [-0.15, -0.1) is 20.4 Å². The van der Waals surface area contributed by atoms with Crippen LogP contribution in [0.2, 0.25) is 0 Å². The van der Waals surface area contributed by atoms with Gasteiger partial charge in [-0.1, -0.05) is 18.2 Å². The molecule has 13 heteroatoms. The highest BCUT2D eigenvalue weighted by Gasteiger charge is 2.15. The second kappa shape index (κ2) is 18.5. The molecule has 50 heavy (non-hydrogen) atoms. The second-order valence-electron chi connectivity index (χ2n) is 11.3. The maximum absolute atomic E-state index is 12.1. The molecule has 12 nitrogen and oxygen atoms in total. The third kappa shape index (κ3) is 10.7.